The van der Waals surface area contributed by atoms with Gasteiger partial charge in [-0.1, -0.05) is 31.4 Å². The van der Waals surface area contributed by atoms with Crippen LogP contribution in [-0.2, 0) is 6.54 Å². The zero-order valence-electron chi connectivity index (χ0n) is 10.3. The number of hydrogen-bond acceptors (Lipinski definition) is 3. The second-order valence-corrected chi connectivity index (χ2v) is 4.58. The van der Waals surface area contributed by atoms with E-state index >= 15 is 0 Å². The molecule has 1 rings (SSSR count). The highest BCUT2D eigenvalue weighted by Gasteiger charge is 2.04. The Morgan fingerprint density at radius 3 is 2.69 bits per heavy atom. The molecule has 3 nitrogen and oxygen atoms in total. The summed E-state index contributed by atoms with van der Waals surface area (Å²) >= 11 is 5.89. The van der Waals surface area contributed by atoms with Gasteiger partial charge in [0, 0.05) is 5.69 Å². The molecule has 1 aromatic rings. The fourth-order valence-electron chi connectivity index (χ4n) is 1.61. The Bertz CT molecular complexity index is 308. The molecule has 90 valence electrons. The first-order chi connectivity index (χ1) is 7.61. The molecule has 0 fully saturated rings. The van der Waals surface area contributed by atoms with E-state index in [9.17, 15) is 0 Å². The Morgan fingerprint density at radius 2 is 2.06 bits per heavy atom. The van der Waals surface area contributed by atoms with Crippen molar-refractivity contribution >= 4 is 11.6 Å². The van der Waals surface area contributed by atoms with Crippen molar-refractivity contribution in [2.75, 3.05) is 13.6 Å². The molecule has 0 saturated carbocycles. The zero-order chi connectivity index (χ0) is 12.0. The molecule has 16 heavy (non-hydrogen) atoms. The maximum absolute atomic E-state index is 5.89. The standard InChI is InChI=1S/C12H20ClN3/c1-4-5-6-7-16(3)9-12-14-10(2)8-11(13)15-12/h8H,4-7,9H2,1-3H3. The molecular weight excluding hydrogens is 222 g/mol. The molecule has 0 amide bonds. The normalized spacial score (nSPS) is 11.1. The molecule has 0 aromatic carbocycles. The molecule has 0 N–H and O–H groups in total. The van der Waals surface area contributed by atoms with E-state index in [-0.39, 0.29) is 0 Å². The van der Waals surface area contributed by atoms with E-state index in [4.69, 9.17) is 11.6 Å². The van der Waals surface area contributed by atoms with Crippen molar-refractivity contribution in [2.24, 2.45) is 0 Å². The van der Waals surface area contributed by atoms with Crippen LogP contribution in [0.4, 0.5) is 0 Å². The minimum absolute atomic E-state index is 0.532. The highest BCUT2D eigenvalue weighted by molar-refractivity contribution is 6.29. The first-order valence-corrected chi connectivity index (χ1v) is 6.18. The fourth-order valence-corrected chi connectivity index (χ4v) is 1.87. The van der Waals surface area contributed by atoms with Crippen LogP contribution in [0.2, 0.25) is 5.15 Å². The first-order valence-electron chi connectivity index (χ1n) is 5.80. The second-order valence-electron chi connectivity index (χ2n) is 4.19. The third kappa shape index (κ3) is 4.90. The minimum Gasteiger partial charge on any atom is -0.299 e. The second kappa shape index (κ2) is 6.81. The van der Waals surface area contributed by atoms with E-state index in [0.717, 1.165) is 24.6 Å². The SMILES string of the molecule is CCCCCN(C)Cc1nc(C)cc(Cl)n1. The molecule has 0 unspecified atom stereocenters. The maximum Gasteiger partial charge on any atom is 0.144 e. The summed E-state index contributed by atoms with van der Waals surface area (Å²) in [6.07, 6.45) is 3.76. The Balaban J connectivity index is 2.45. The number of halogens is 1. The quantitative estimate of drug-likeness (QED) is 0.566. The summed E-state index contributed by atoms with van der Waals surface area (Å²) < 4.78 is 0. The van der Waals surface area contributed by atoms with Gasteiger partial charge in [-0.15, -0.1) is 0 Å². The van der Waals surface area contributed by atoms with Gasteiger partial charge in [-0.2, -0.15) is 0 Å². The van der Waals surface area contributed by atoms with Gasteiger partial charge in [0.1, 0.15) is 11.0 Å². The monoisotopic (exact) mass is 241 g/mol. The smallest absolute Gasteiger partial charge is 0.144 e. The van der Waals surface area contributed by atoms with E-state index in [0.29, 0.717) is 5.15 Å². The van der Waals surface area contributed by atoms with Crippen LogP contribution in [0.5, 0.6) is 0 Å². The molecule has 0 radical (unpaired) electrons. The van der Waals surface area contributed by atoms with E-state index in [1.54, 1.807) is 6.07 Å². The molecule has 0 bridgehead atoms. The van der Waals surface area contributed by atoms with Gasteiger partial charge in [0.25, 0.3) is 0 Å². The van der Waals surface area contributed by atoms with E-state index in [2.05, 4.69) is 28.8 Å². The average Bonchev–Trinajstić information content (AvgIpc) is 2.16. The summed E-state index contributed by atoms with van der Waals surface area (Å²) in [5.74, 6) is 0.809. The van der Waals surface area contributed by atoms with E-state index in [1.807, 2.05) is 6.92 Å². The number of hydrogen-bond donors (Lipinski definition) is 0. The molecule has 0 saturated heterocycles. The highest BCUT2D eigenvalue weighted by Crippen LogP contribution is 2.08. The lowest BCUT2D eigenvalue weighted by atomic mass is 10.2. The predicted molar refractivity (Wildman–Crippen MR) is 67.6 cm³/mol. The van der Waals surface area contributed by atoms with Crippen LogP contribution in [-0.4, -0.2) is 28.5 Å². The van der Waals surface area contributed by atoms with Gasteiger partial charge < -0.3 is 0 Å². The lowest BCUT2D eigenvalue weighted by molar-refractivity contribution is 0.310. The largest absolute Gasteiger partial charge is 0.299 e. The molecule has 4 heteroatoms. The van der Waals surface area contributed by atoms with Crippen molar-refractivity contribution in [3.8, 4) is 0 Å². The van der Waals surface area contributed by atoms with Gasteiger partial charge in [-0.05, 0) is 33.0 Å². The first kappa shape index (κ1) is 13.4. The van der Waals surface area contributed by atoms with Crippen molar-refractivity contribution in [3.05, 3.63) is 22.7 Å². The van der Waals surface area contributed by atoms with Crippen LogP contribution in [0.1, 0.15) is 37.7 Å². The fraction of sp³-hybridized carbons (Fsp3) is 0.667. The topological polar surface area (TPSA) is 29.0 Å². The van der Waals surface area contributed by atoms with E-state index in [1.165, 1.54) is 19.3 Å². The third-order valence-electron chi connectivity index (χ3n) is 2.42. The Kier molecular flexibility index (Phi) is 5.71. The molecular formula is C12H20ClN3. The molecule has 0 aliphatic heterocycles. The average molecular weight is 242 g/mol. The molecule has 1 aromatic heterocycles. The number of aromatic nitrogens is 2. The molecule has 0 atom stereocenters. The molecule has 0 aliphatic rings. The van der Waals surface area contributed by atoms with Crippen LogP contribution in [0.25, 0.3) is 0 Å². The van der Waals surface area contributed by atoms with Gasteiger partial charge >= 0.3 is 0 Å². The van der Waals surface area contributed by atoms with Crippen LogP contribution < -0.4 is 0 Å². The van der Waals surface area contributed by atoms with Crippen molar-refractivity contribution in [3.63, 3.8) is 0 Å². The van der Waals surface area contributed by atoms with E-state index < -0.39 is 0 Å². The van der Waals surface area contributed by atoms with Gasteiger partial charge in [0.15, 0.2) is 0 Å². The summed E-state index contributed by atoms with van der Waals surface area (Å²) in [5, 5.41) is 0.532. The maximum atomic E-state index is 5.89. The Labute approximate surface area is 103 Å². The molecule has 1 heterocycles. The van der Waals surface area contributed by atoms with Gasteiger partial charge in [0.05, 0.1) is 6.54 Å². The lowest BCUT2D eigenvalue weighted by Gasteiger charge is -2.15. The summed E-state index contributed by atoms with van der Waals surface area (Å²) in [4.78, 5) is 10.8. The van der Waals surface area contributed by atoms with Crippen LogP contribution in [0, 0.1) is 6.92 Å². The Morgan fingerprint density at radius 1 is 1.31 bits per heavy atom. The number of nitrogens with zero attached hydrogens (tertiary/aromatic N) is 3. The van der Waals surface area contributed by atoms with Crippen LogP contribution in [0.3, 0.4) is 0 Å². The number of rotatable bonds is 6. The third-order valence-corrected chi connectivity index (χ3v) is 2.62. The summed E-state index contributed by atoms with van der Waals surface area (Å²) in [6, 6.07) is 1.78. The summed E-state index contributed by atoms with van der Waals surface area (Å²) in [5.41, 5.74) is 0.928. The van der Waals surface area contributed by atoms with Crippen molar-refractivity contribution in [1.82, 2.24) is 14.9 Å². The summed E-state index contributed by atoms with van der Waals surface area (Å²) in [6.45, 7) is 6.01. The van der Waals surface area contributed by atoms with Gasteiger partial charge in [-0.3, -0.25) is 4.90 Å². The molecule has 0 spiro atoms. The Hall–Kier alpha value is -0.670. The number of unbranched alkanes of at least 4 members (excludes halogenated alkanes) is 2. The lowest BCUT2D eigenvalue weighted by Crippen LogP contribution is -2.20. The molecule has 0 aliphatic carbocycles. The minimum atomic E-state index is 0.532. The van der Waals surface area contributed by atoms with Crippen molar-refractivity contribution in [1.29, 1.82) is 0 Å². The van der Waals surface area contributed by atoms with Crippen LogP contribution in [0.15, 0.2) is 6.07 Å². The van der Waals surface area contributed by atoms with Crippen molar-refractivity contribution in [2.45, 2.75) is 39.7 Å². The van der Waals surface area contributed by atoms with Gasteiger partial charge in [0.2, 0.25) is 0 Å². The highest BCUT2D eigenvalue weighted by atomic mass is 35.5. The van der Waals surface area contributed by atoms with Crippen LogP contribution >= 0.6 is 11.6 Å². The number of aryl methyl sites for hydroxylation is 1. The predicted octanol–water partition coefficient (Wildman–Crippen LogP) is 3.06. The van der Waals surface area contributed by atoms with Crippen molar-refractivity contribution < 1.29 is 0 Å². The van der Waals surface area contributed by atoms with Gasteiger partial charge in [-0.25, -0.2) is 9.97 Å². The summed E-state index contributed by atoms with van der Waals surface area (Å²) in [7, 11) is 2.09. The zero-order valence-corrected chi connectivity index (χ0v) is 11.1.